The second-order valence-electron chi connectivity index (χ2n) is 4.71. The SMILES string of the molecule is Cc1cc(=O)cc(C)n1CC(=O)Nc1cccc(Cl)c1Cl. The van der Waals surface area contributed by atoms with Crippen LogP contribution in [0.3, 0.4) is 0 Å². The van der Waals surface area contributed by atoms with Crippen molar-refractivity contribution in [1.29, 1.82) is 0 Å². The zero-order valence-corrected chi connectivity index (χ0v) is 13.1. The largest absolute Gasteiger partial charge is 0.340 e. The van der Waals surface area contributed by atoms with E-state index in [9.17, 15) is 9.59 Å². The molecule has 0 unspecified atom stereocenters. The summed E-state index contributed by atoms with van der Waals surface area (Å²) in [5.74, 6) is -0.242. The molecular weight excluding hydrogens is 311 g/mol. The molecule has 1 amide bonds. The molecule has 1 heterocycles. The molecular formula is C15H14Cl2N2O2. The third kappa shape index (κ3) is 3.65. The van der Waals surface area contributed by atoms with E-state index < -0.39 is 0 Å². The molecule has 1 N–H and O–H groups in total. The highest BCUT2D eigenvalue weighted by Crippen LogP contribution is 2.29. The average Bonchev–Trinajstić information content (AvgIpc) is 2.39. The van der Waals surface area contributed by atoms with E-state index >= 15 is 0 Å². The number of anilines is 1. The van der Waals surface area contributed by atoms with Crippen molar-refractivity contribution in [3.05, 3.63) is 62.0 Å². The zero-order chi connectivity index (χ0) is 15.6. The van der Waals surface area contributed by atoms with Crippen LogP contribution in [-0.2, 0) is 11.3 Å². The lowest BCUT2D eigenvalue weighted by Gasteiger charge is -2.14. The smallest absolute Gasteiger partial charge is 0.244 e. The number of hydrogen-bond acceptors (Lipinski definition) is 2. The Bertz CT molecular complexity index is 728. The summed E-state index contributed by atoms with van der Waals surface area (Å²) >= 11 is 11.9. The van der Waals surface area contributed by atoms with Crippen LogP contribution in [0.5, 0.6) is 0 Å². The lowest BCUT2D eigenvalue weighted by Crippen LogP contribution is -2.23. The van der Waals surface area contributed by atoms with Crippen LogP contribution in [0.2, 0.25) is 10.0 Å². The van der Waals surface area contributed by atoms with Crippen molar-refractivity contribution < 1.29 is 4.79 Å². The number of pyridine rings is 1. The normalized spacial score (nSPS) is 10.5. The van der Waals surface area contributed by atoms with Crippen molar-refractivity contribution in [2.75, 3.05) is 5.32 Å². The lowest BCUT2D eigenvalue weighted by atomic mass is 10.2. The minimum atomic E-state index is -0.242. The highest BCUT2D eigenvalue weighted by molar-refractivity contribution is 6.43. The van der Waals surface area contributed by atoms with Crippen molar-refractivity contribution in [1.82, 2.24) is 4.57 Å². The first-order valence-electron chi connectivity index (χ1n) is 6.30. The average molecular weight is 325 g/mol. The van der Waals surface area contributed by atoms with Crippen LogP contribution in [0.15, 0.2) is 35.1 Å². The van der Waals surface area contributed by atoms with Gasteiger partial charge in [-0.1, -0.05) is 29.3 Å². The predicted molar refractivity (Wildman–Crippen MR) is 85.3 cm³/mol. The Hall–Kier alpha value is -1.78. The van der Waals surface area contributed by atoms with Crippen LogP contribution in [0.25, 0.3) is 0 Å². The van der Waals surface area contributed by atoms with Gasteiger partial charge in [0.05, 0.1) is 15.7 Å². The fourth-order valence-corrected chi connectivity index (χ4v) is 2.42. The third-order valence-electron chi connectivity index (χ3n) is 3.08. The van der Waals surface area contributed by atoms with Crippen LogP contribution in [-0.4, -0.2) is 10.5 Å². The van der Waals surface area contributed by atoms with Crippen molar-refractivity contribution >= 4 is 34.8 Å². The number of aromatic nitrogens is 1. The van der Waals surface area contributed by atoms with E-state index in [-0.39, 0.29) is 17.9 Å². The lowest BCUT2D eigenvalue weighted by molar-refractivity contribution is -0.116. The number of nitrogens with zero attached hydrogens (tertiary/aromatic N) is 1. The molecule has 2 aromatic rings. The van der Waals surface area contributed by atoms with E-state index in [2.05, 4.69) is 5.32 Å². The van der Waals surface area contributed by atoms with E-state index in [0.29, 0.717) is 15.7 Å². The molecule has 0 spiro atoms. The Morgan fingerprint density at radius 3 is 2.43 bits per heavy atom. The van der Waals surface area contributed by atoms with Gasteiger partial charge >= 0.3 is 0 Å². The molecule has 0 aliphatic carbocycles. The molecule has 1 aromatic carbocycles. The Labute approximate surface area is 132 Å². The summed E-state index contributed by atoms with van der Waals surface area (Å²) in [4.78, 5) is 23.5. The Kier molecular flexibility index (Phi) is 4.70. The van der Waals surface area contributed by atoms with E-state index in [0.717, 1.165) is 11.4 Å². The van der Waals surface area contributed by atoms with Crippen LogP contribution in [0.1, 0.15) is 11.4 Å². The monoisotopic (exact) mass is 324 g/mol. The molecule has 0 bridgehead atoms. The molecule has 0 aliphatic heterocycles. The summed E-state index contributed by atoms with van der Waals surface area (Å²) in [5, 5.41) is 3.40. The maximum Gasteiger partial charge on any atom is 0.244 e. The van der Waals surface area contributed by atoms with E-state index in [1.54, 1.807) is 36.6 Å². The molecule has 0 aliphatic rings. The molecule has 1 aromatic heterocycles. The molecule has 110 valence electrons. The molecule has 0 radical (unpaired) electrons. The Balaban J connectivity index is 2.20. The molecule has 0 saturated heterocycles. The maximum atomic E-state index is 12.1. The van der Waals surface area contributed by atoms with Crippen molar-refractivity contribution in [2.45, 2.75) is 20.4 Å². The summed E-state index contributed by atoms with van der Waals surface area (Å²) in [6, 6.07) is 8.02. The standard InChI is InChI=1S/C15H14Cl2N2O2/c1-9-6-11(20)7-10(2)19(9)8-14(21)18-13-5-3-4-12(16)15(13)17/h3-7H,8H2,1-2H3,(H,18,21). The summed E-state index contributed by atoms with van der Waals surface area (Å²) < 4.78 is 1.76. The van der Waals surface area contributed by atoms with E-state index in [4.69, 9.17) is 23.2 Å². The fraction of sp³-hybridized carbons (Fsp3) is 0.200. The number of carbonyl (C=O) groups excluding carboxylic acids is 1. The highest BCUT2D eigenvalue weighted by Gasteiger charge is 2.10. The number of benzene rings is 1. The van der Waals surface area contributed by atoms with Gasteiger partial charge < -0.3 is 9.88 Å². The summed E-state index contributed by atoms with van der Waals surface area (Å²) in [6.45, 7) is 3.67. The number of carbonyl (C=O) groups is 1. The van der Waals surface area contributed by atoms with E-state index in [1.165, 1.54) is 12.1 Å². The Morgan fingerprint density at radius 2 is 1.81 bits per heavy atom. The molecule has 0 atom stereocenters. The number of hydrogen-bond donors (Lipinski definition) is 1. The van der Waals surface area contributed by atoms with Gasteiger partial charge in [-0.15, -0.1) is 0 Å². The molecule has 4 nitrogen and oxygen atoms in total. The van der Waals surface area contributed by atoms with Crippen LogP contribution in [0.4, 0.5) is 5.69 Å². The summed E-state index contributed by atoms with van der Waals surface area (Å²) in [7, 11) is 0. The number of halogens is 2. The molecule has 6 heteroatoms. The second kappa shape index (κ2) is 6.33. The third-order valence-corrected chi connectivity index (χ3v) is 3.90. The molecule has 0 fully saturated rings. The van der Waals surface area contributed by atoms with Crippen LogP contribution >= 0.6 is 23.2 Å². The van der Waals surface area contributed by atoms with Gasteiger partial charge in [-0.2, -0.15) is 0 Å². The molecule has 2 rings (SSSR count). The fourth-order valence-electron chi connectivity index (χ4n) is 2.07. The van der Waals surface area contributed by atoms with Gasteiger partial charge in [-0.25, -0.2) is 0 Å². The number of amides is 1. The predicted octanol–water partition coefficient (Wildman–Crippen LogP) is 3.41. The van der Waals surface area contributed by atoms with Gasteiger partial charge in [-0.3, -0.25) is 9.59 Å². The quantitative estimate of drug-likeness (QED) is 0.940. The van der Waals surface area contributed by atoms with Crippen molar-refractivity contribution in [3.63, 3.8) is 0 Å². The first-order chi connectivity index (χ1) is 9.88. The first kappa shape index (κ1) is 15.6. The van der Waals surface area contributed by atoms with Crippen LogP contribution < -0.4 is 10.7 Å². The highest BCUT2D eigenvalue weighted by atomic mass is 35.5. The maximum absolute atomic E-state index is 12.1. The minimum Gasteiger partial charge on any atom is -0.340 e. The zero-order valence-electron chi connectivity index (χ0n) is 11.6. The second-order valence-corrected chi connectivity index (χ2v) is 5.49. The van der Waals surface area contributed by atoms with Gasteiger partial charge in [-0.05, 0) is 26.0 Å². The van der Waals surface area contributed by atoms with Gasteiger partial charge in [0.15, 0.2) is 5.43 Å². The topological polar surface area (TPSA) is 51.1 Å². The molecule has 0 saturated carbocycles. The number of nitrogens with one attached hydrogen (secondary N) is 1. The van der Waals surface area contributed by atoms with Crippen LogP contribution in [0, 0.1) is 13.8 Å². The Morgan fingerprint density at radius 1 is 1.19 bits per heavy atom. The minimum absolute atomic E-state index is 0.0699. The van der Waals surface area contributed by atoms with Crippen molar-refractivity contribution in [3.8, 4) is 0 Å². The van der Waals surface area contributed by atoms with Crippen molar-refractivity contribution in [2.24, 2.45) is 0 Å². The number of rotatable bonds is 3. The van der Waals surface area contributed by atoms with Gasteiger partial charge in [0, 0.05) is 23.5 Å². The summed E-state index contributed by atoms with van der Waals surface area (Å²) in [5.41, 5.74) is 1.85. The van der Waals surface area contributed by atoms with E-state index in [1.807, 2.05) is 0 Å². The summed E-state index contributed by atoms with van der Waals surface area (Å²) in [6.07, 6.45) is 0. The number of aryl methyl sites for hydroxylation is 2. The van der Waals surface area contributed by atoms with Gasteiger partial charge in [0.1, 0.15) is 6.54 Å². The molecule has 21 heavy (non-hydrogen) atoms. The first-order valence-corrected chi connectivity index (χ1v) is 7.06. The van der Waals surface area contributed by atoms with Gasteiger partial charge in [0.2, 0.25) is 5.91 Å². The van der Waals surface area contributed by atoms with Gasteiger partial charge in [0.25, 0.3) is 0 Å².